The molecule has 0 aliphatic rings. The number of nitrogens with one attached hydrogen (secondary N) is 1. The van der Waals surface area contributed by atoms with Crippen molar-refractivity contribution >= 4 is 28.7 Å². The number of nitrogens with two attached hydrogens (primary N) is 1. The summed E-state index contributed by atoms with van der Waals surface area (Å²) in [5, 5.41) is 12.8. The molecular formula is C14H12ClN3. The van der Waals surface area contributed by atoms with E-state index in [4.69, 9.17) is 22.6 Å². The molecule has 0 bridgehead atoms. The van der Waals surface area contributed by atoms with Crippen molar-refractivity contribution in [3.05, 3.63) is 52.5 Å². The second-order valence-electron chi connectivity index (χ2n) is 3.97. The van der Waals surface area contributed by atoms with E-state index in [0.717, 1.165) is 11.3 Å². The Morgan fingerprint density at radius 3 is 2.72 bits per heavy atom. The Morgan fingerprint density at radius 2 is 2.06 bits per heavy atom. The van der Waals surface area contributed by atoms with E-state index in [1.807, 2.05) is 31.2 Å². The van der Waals surface area contributed by atoms with Crippen LogP contribution in [0.5, 0.6) is 0 Å². The number of rotatable bonds is 2. The highest BCUT2D eigenvalue weighted by atomic mass is 35.5. The Kier molecular flexibility index (Phi) is 3.40. The van der Waals surface area contributed by atoms with Gasteiger partial charge in [-0.25, -0.2) is 0 Å². The smallest absolute Gasteiger partial charge is 0.101 e. The van der Waals surface area contributed by atoms with Gasteiger partial charge in [0.1, 0.15) is 6.07 Å². The summed E-state index contributed by atoms with van der Waals surface area (Å²) in [4.78, 5) is 0. The number of hydrogen-bond donors (Lipinski definition) is 2. The lowest BCUT2D eigenvalue weighted by molar-refractivity contribution is 1.44. The van der Waals surface area contributed by atoms with Crippen LogP contribution >= 0.6 is 11.6 Å². The van der Waals surface area contributed by atoms with Crippen LogP contribution in [0.2, 0.25) is 5.02 Å². The molecule has 0 atom stereocenters. The first kappa shape index (κ1) is 12.3. The van der Waals surface area contributed by atoms with Gasteiger partial charge in [0.15, 0.2) is 0 Å². The quantitative estimate of drug-likeness (QED) is 0.804. The Hall–Kier alpha value is -2.18. The average molecular weight is 258 g/mol. The number of para-hydroxylation sites is 1. The lowest BCUT2D eigenvalue weighted by Crippen LogP contribution is -1.98. The highest BCUT2D eigenvalue weighted by molar-refractivity contribution is 6.31. The first-order valence-corrected chi connectivity index (χ1v) is 5.81. The van der Waals surface area contributed by atoms with Gasteiger partial charge in [-0.05, 0) is 36.8 Å². The number of aryl methyl sites for hydroxylation is 1. The van der Waals surface area contributed by atoms with Gasteiger partial charge in [0, 0.05) is 10.7 Å². The zero-order valence-corrected chi connectivity index (χ0v) is 10.6. The topological polar surface area (TPSA) is 61.8 Å². The summed E-state index contributed by atoms with van der Waals surface area (Å²) in [5.41, 5.74) is 9.35. The monoisotopic (exact) mass is 257 g/mol. The van der Waals surface area contributed by atoms with Crippen molar-refractivity contribution in [1.82, 2.24) is 0 Å². The van der Waals surface area contributed by atoms with Crippen molar-refractivity contribution in [1.29, 1.82) is 5.26 Å². The van der Waals surface area contributed by atoms with E-state index in [1.165, 1.54) is 0 Å². The van der Waals surface area contributed by atoms with Crippen LogP contribution in [0.25, 0.3) is 0 Å². The van der Waals surface area contributed by atoms with Crippen molar-refractivity contribution in [2.75, 3.05) is 11.1 Å². The molecule has 0 aliphatic carbocycles. The Labute approximate surface area is 111 Å². The molecule has 2 aromatic carbocycles. The maximum atomic E-state index is 8.91. The minimum Gasteiger partial charge on any atom is -0.396 e. The molecule has 0 radical (unpaired) electrons. The number of nitrogen functional groups attached to an aromatic ring is 1. The van der Waals surface area contributed by atoms with E-state index in [2.05, 4.69) is 11.4 Å². The molecule has 0 saturated carbocycles. The highest BCUT2D eigenvalue weighted by Crippen LogP contribution is 2.28. The minimum absolute atomic E-state index is 0.441. The lowest BCUT2D eigenvalue weighted by Gasteiger charge is -2.11. The predicted octanol–water partition coefficient (Wildman–Crippen LogP) is 3.85. The van der Waals surface area contributed by atoms with Gasteiger partial charge in [-0.3, -0.25) is 0 Å². The number of nitrogens with zero attached hydrogens (tertiary/aromatic N) is 1. The third-order valence-corrected chi connectivity index (χ3v) is 3.08. The van der Waals surface area contributed by atoms with E-state index in [0.29, 0.717) is 22.0 Å². The zero-order valence-electron chi connectivity index (χ0n) is 9.87. The summed E-state index contributed by atoms with van der Waals surface area (Å²) in [7, 11) is 0. The Morgan fingerprint density at radius 1 is 1.28 bits per heavy atom. The van der Waals surface area contributed by atoms with Crippen LogP contribution in [0.3, 0.4) is 0 Å². The molecule has 0 saturated heterocycles. The normalized spacial score (nSPS) is 9.83. The molecule has 18 heavy (non-hydrogen) atoms. The number of hydrogen-bond acceptors (Lipinski definition) is 3. The molecule has 3 N–H and O–H groups in total. The summed E-state index contributed by atoms with van der Waals surface area (Å²) in [6.45, 7) is 1.94. The van der Waals surface area contributed by atoms with Crippen molar-refractivity contribution < 1.29 is 0 Å². The van der Waals surface area contributed by atoms with Crippen LogP contribution in [-0.2, 0) is 0 Å². The van der Waals surface area contributed by atoms with Gasteiger partial charge < -0.3 is 11.1 Å². The van der Waals surface area contributed by atoms with E-state index < -0.39 is 0 Å². The van der Waals surface area contributed by atoms with Crippen LogP contribution in [0.1, 0.15) is 11.1 Å². The van der Waals surface area contributed by atoms with Gasteiger partial charge in [-0.2, -0.15) is 5.26 Å². The predicted molar refractivity (Wildman–Crippen MR) is 75.0 cm³/mol. The van der Waals surface area contributed by atoms with E-state index in [1.54, 1.807) is 12.1 Å². The van der Waals surface area contributed by atoms with Crippen LogP contribution in [0.4, 0.5) is 17.1 Å². The summed E-state index contributed by atoms with van der Waals surface area (Å²) in [6, 6.07) is 13.0. The summed E-state index contributed by atoms with van der Waals surface area (Å²) in [6.07, 6.45) is 0. The highest BCUT2D eigenvalue weighted by Gasteiger charge is 2.05. The van der Waals surface area contributed by atoms with E-state index in [9.17, 15) is 0 Å². The third-order valence-electron chi connectivity index (χ3n) is 2.68. The van der Waals surface area contributed by atoms with Gasteiger partial charge >= 0.3 is 0 Å². The van der Waals surface area contributed by atoms with E-state index >= 15 is 0 Å². The number of nitriles is 1. The molecule has 0 aromatic heterocycles. The molecule has 0 amide bonds. The van der Waals surface area contributed by atoms with Crippen LogP contribution in [-0.4, -0.2) is 0 Å². The van der Waals surface area contributed by atoms with Gasteiger partial charge in [-0.15, -0.1) is 0 Å². The Bertz CT molecular complexity index is 629. The molecule has 0 unspecified atom stereocenters. The number of halogens is 1. The van der Waals surface area contributed by atoms with Crippen LogP contribution < -0.4 is 11.1 Å². The molecule has 2 rings (SSSR count). The zero-order chi connectivity index (χ0) is 13.1. The van der Waals surface area contributed by atoms with Crippen molar-refractivity contribution in [2.24, 2.45) is 0 Å². The van der Waals surface area contributed by atoms with Gasteiger partial charge in [0.2, 0.25) is 0 Å². The van der Waals surface area contributed by atoms with Crippen molar-refractivity contribution in [3.8, 4) is 6.07 Å². The number of benzene rings is 2. The second-order valence-corrected chi connectivity index (χ2v) is 4.37. The summed E-state index contributed by atoms with van der Waals surface area (Å²) in [5.74, 6) is 0. The standard InChI is InChI=1S/C14H12ClN3/c1-9-5-6-11(7-12(9)15)18-13-4-2-3-10(8-16)14(13)17/h2-7,18H,17H2,1H3. The van der Waals surface area contributed by atoms with Crippen LogP contribution in [0, 0.1) is 18.3 Å². The summed E-state index contributed by atoms with van der Waals surface area (Å²) < 4.78 is 0. The van der Waals surface area contributed by atoms with Crippen molar-refractivity contribution in [3.63, 3.8) is 0 Å². The minimum atomic E-state index is 0.441. The molecule has 0 aliphatic heterocycles. The SMILES string of the molecule is Cc1ccc(Nc2cccc(C#N)c2N)cc1Cl. The van der Waals surface area contributed by atoms with Crippen LogP contribution in [0.15, 0.2) is 36.4 Å². The molecule has 0 spiro atoms. The largest absolute Gasteiger partial charge is 0.396 e. The number of anilines is 3. The Balaban J connectivity index is 2.35. The van der Waals surface area contributed by atoms with Crippen molar-refractivity contribution in [2.45, 2.75) is 6.92 Å². The molecule has 3 nitrogen and oxygen atoms in total. The first-order chi connectivity index (χ1) is 8.61. The average Bonchev–Trinajstić information content (AvgIpc) is 2.36. The first-order valence-electron chi connectivity index (χ1n) is 5.43. The molecule has 0 fully saturated rings. The second kappa shape index (κ2) is 4.99. The fraction of sp³-hybridized carbons (Fsp3) is 0.0714. The third kappa shape index (κ3) is 2.39. The van der Waals surface area contributed by atoms with Gasteiger partial charge in [-0.1, -0.05) is 23.7 Å². The maximum Gasteiger partial charge on any atom is 0.101 e. The summed E-state index contributed by atoms with van der Waals surface area (Å²) >= 11 is 6.05. The molecule has 4 heteroatoms. The fourth-order valence-electron chi connectivity index (χ4n) is 1.60. The molecule has 0 heterocycles. The molecule has 90 valence electrons. The molecular weight excluding hydrogens is 246 g/mol. The lowest BCUT2D eigenvalue weighted by atomic mass is 10.1. The maximum absolute atomic E-state index is 8.91. The van der Waals surface area contributed by atoms with Gasteiger partial charge in [0.25, 0.3) is 0 Å². The fourth-order valence-corrected chi connectivity index (χ4v) is 1.78. The van der Waals surface area contributed by atoms with Gasteiger partial charge in [0.05, 0.1) is 16.9 Å². The molecule has 2 aromatic rings. The van der Waals surface area contributed by atoms with E-state index in [-0.39, 0.29) is 0 Å².